The summed E-state index contributed by atoms with van der Waals surface area (Å²) in [7, 11) is 0. The molecule has 0 aliphatic carbocycles. The van der Waals surface area contributed by atoms with Crippen molar-refractivity contribution in [2.45, 2.75) is 19.3 Å². The number of hydrogen-bond acceptors (Lipinski definition) is 3. The summed E-state index contributed by atoms with van der Waals surface area (Å²) >= 11 is 0. The minimum Gasteiger partial charge on any atom is -0.341 e. The van der Waals surface area contributed by atoms with Gasteiger partial charge in [0.2, 0.25) is 11.8 Å². The summed E-state index contributed by atoms with van der Waals surface area (Å²) in [6.45, 7) is 3.80. The van der Waals surface area contributed by atoms with Crippen LogP contribution in [0.2, 0.25) is 0 Å². The largest absolute Gasteiger partial charge is 0.341 e. The van der Waals surface area contributed by atoms with Gasteiger partial charge >= 0.3 is 0 Å². The summed E-state index contributed by atoms with van der Waals surface area (Å²) < 4.78 is 0. The van der Waals surface area contributed by atoms with E-state index in [4.69, 9.17) is 0 Å². The van der Waals surface area contributed by atoms with Crippen molar-refractivity contribution in [3.63, 3.8) is 0 Å². The molecule has 0 atom stereocenters. The molecule has 0 bridgehead atoms. The van der Waals surface area contributed by atoms with Crippen LogP contribution in [0.5, 0.6) is 0 Å². The Morgan fingerprint density at radius 3 is 2.62 bits per heavy atom. The fraction of sp³-hybridized carbons (Fsp3) is 0.818. The lowest BCUT2D eigenvalue weighted by Gasteiger charge is -2.31. The maximum absolute atomic E-state index is 11.9. The van der Waals surface area contributed by atoms with E-state index < -0.39 is 0 Å². The molecule has 2 heterocycles. The second kappa shape index (κ2) is 5.30. The fourth-order valence-corrected chi connectivity index (χ4v) is 2.22. The number of hydrogen-bond donors (Lipinski definition) is 1. The van der Waals surface area contributed by atoms with Crippen LogP contribution < -0.4 is 5.32 Å². The summed E-state index contributed by atoms with van der Waals surface area (Å²) in [5.74, 6) is 0.145. The Morgan fingerprint density at radius 1 is 1.19 bits per heavy atom. The van der Waals surface area contributed by atoms with Gasteiger partial charge in [0.1, 0.15) is 0 Å². The van der Waals surface area contributed by atoms with Gasteiger partial charge < -0.3 is 15.1 Å². The van der Waals surface area contributed by atoms with Crippen LogP contribution in [0.4, 0.5) is 0 Å². The Hall–Kier alpha value is -1.10. The highest BCUT2D eigenvalue weighted by Crippen LogP contribution is 2.09. The van der Waals surface area contributed by atoms with Crippen molar-refractivity contribution >= 4 is 11.8 Å². The number of carbonyl (C=O) groups excluding carboxylic acids is 2. The number of likely N-dealkylation sites (tertiary alicyclic amines) is 1. The minimum atomic E-state index is 0.0385. The Balaban J connectivity index is 1.83. The van der Waals surface area contributed by atoms with Crippen molar-refractivity contribution in [1.82, 2.24) is 15.1 Å². The zero-order chi connectivity index (χ0) is 11.4. The van der Waals surface area contributed by atoms with Crippen LogP contribution in [0.25, 0.3) is 0 Å². The molecule has 2 saturated heterocycles. The first-order valence-corrected chi connectivity index (χ1v) is 6.03. The van der Waals surface area contributed by atoms with Gasteiger partial charge in [-0.25, -0.2) is 0 Å². The van der Waals surface area contributed by atoms with Crippen molar-refractivity contribution in [2.24, 2.45) is 0 Å². The monoisotopic (exact) mass is 225 g/mol. The number of piperidine rings is 1. The molecule has 0 aromatic rings. The molecule has 2 fully saturated rings. The van der Waals surface area contributed by atoms with E-state index in [9.17, 15) is 9.59 Å². The first-order chi connectivity index (χ1) is 7.77. The number of piperazine rings is 1. The second-order valence-corrected chi connectivity index (χ2v) is 4.43. The van der Waals surface area contributed by atoms with Crippen LogP contribution in [-0.2, 0) is 9.59 Å². The quantitative estimate of drug-likeness (QED) is 0.685. The highest BCUT2D eigenvalue weighted by atomic mass is 16.2. The summed E-state index contributed by atoms with van der Waals surface area (Å²) in [5, 5.41) is 3.00. The van der Waals surface area contributed by atoms with Crippen LogP contribution in [0.3, 0.4) is 0 Å². The standard InChI is InChI=1S/C11H19N3O2/c15-10-8-12-4-7-14(10)9-11(16)13-5-2-1-3-6-13/h12H,1-9H2. The molecule has 90 valence electrons. The molecule has 0 spiro atoms. The zero-order valence-corrected chi connectivity index (χ0v) is 9.57. The van der Waals surface area contributed by atoms with Crippen molar-refractivity contribution in [3.8, 4) is 0 Å². The van der Waals surface area contributed by atoms with Gasteiger partial charge in [-0.2, -0.15) is 0 Å². The van der Waals surface area contributed by atoms with E-state index in [1.165, 1.54) is 6.42 Å². The normalized spacial score (nSPS) is 22.4. The van der Waals surface area contributed by atoms with Crippen molar-refractivity contribution < 1.29 is 9.59 Å². The molecule has 5 nitrogen and oxygen atoms in total. The van der Waals surface area contributed by atoms with E-state index in [0.717, 1.165) is 32.5 Å². The van der Waals surface area contributed by atoms with Gasteiger partial charge in [-0.1, -0.05) is 0 Å². The molecule has 0 unspecified atom stereocenters. The maximum atomic E-state index is 11.9. The first kappa shape index (κ1) is 11.4. The highest BCUT2D eigenvalue weighted by Gasteiger charge is 2.23. The molecule has 0 aromatic heterocycles. The molecule has 2 aliphatic heterocycles. The Bertz CT molecular complexity index is 274. The van der Waals surface area contributed by atoms with Gasteiger partial charge in [-0.3, -0.25) is 9.59 Å². The number of nitrogens with zero attached hydrogens (tertiary/aromatic N) is 2. The maximum Gasteiger partial charge on any atom is 0.242 e. The molecule has 0 radical (unpaired) electrons. The van der Waals surface area contributed by atoms with Crippen molar-refractivity contribution in [3.05, 3.63) is 0 Å². The van der Waals surface area contributed by atoms with Gasteiger partial charge in [0.15, 0.2) is 0 Å². The zero-order valence-electron chi connectivity index (χ0n) is 9.57. The predicted octanol–water partition coefficient (Wildman–Crippen LogP) is -0.569. The number of carbonyl (C=O) groups is 2. The minimum absolute atomic E-state index is 0.0385. The molecular weight excluding hydrogens is 206 g/mol. The van der Waals surface area contributed by atoms with Crippen LogP contribution in [-0.4, -0.2) is 60.9 Å². The van der Waals surface area contributed by atoms with Gasteiger partial charge in [0, 0.05) is 26.2 Å². The number of nitrogens with one attached hydrogen (secondary N) is 1. The molecule has 2 amide bonds. The lowest BCUT2D eigenvalue weighted by Crippen LogP contribution is -2.52. The second-order valence-electron chi connectivity index (χ2n) is 4.43. The number of amides is 2. The summed E-state index contributed by atoms with van der Waals surface area (Å²) in [6, 6.07) is 0. The molecule has 2 rings (SSSR count). The van der Waals surface area contributed by atoms with Crippen molar-refractivity contribution in [1.29, 1.82) is 0 Å². The summed E-state index contributed by atoms with van der Waals surface area (Å²) in [5.41, 5.74) is 0. The first-order valence-electron chi connectivity index (χ1n) is 6.03. The molecule has 16 heavy (non-hydrogen) atoms. The summed E-state index contributed by atoms with van der Waals surface area (Å²) in [4.78, 5) is 27.0. The van der Waals surface area contributed by atoms with E-state index in [-0.39, 0.29) is 18.4 Å². The van der Waals surface area contributed by atoms with Crippen molar-refractivity contribution in [2.75, 3.05) is 39.3 Å². The average Bonchev–Trinajstić information content (AvgIpc) is 2.33. The van der Waals surface area contributed by atoms with E-state index >= 15 is 0 Å². The van der Waals surface area contributed by atoms with E-state index in [0.29, 0.717) is 13.1 Å². The Morgan fingerprint density at radius 2 is 1.94 bits per heavy atom. The van der Waals surface area contributed by atoms with E-state index in [1.54, 1.807) is 4.90 Å². The topological polar surface area (TPSA) is 52.7 Å². The van der Waals surface area contributed by atoms with Gasteiger partial charge in [-0.15, -0.1) is 0 Å². The molecule has 5 heteroatoms. The Labute approximate surface area is 95.8 Å². The lowest BCUT2D eigenvalue weighted by molar-refractivity contribution is -0.141. The average molecular weight is 225 g/mol. The van der Waals surface area contributed by atoms with Gasteiger partial charge in [-0.05, 0) is 19.3 Å². The molecule has 0 aromatic carbocycles. The van der Waals surface area contributed by atoms with Crippen LogP contribution in [0, 0.1) is 0 Å². The smallest absolute Gasteiger partial charge is 0.242 e. The molecule has 0 saturated carbocycles. The van der Waals surface area contributed by atoms with Gasteiger partial charge in [0.25, 0.3) is 0 Å². The van der Waals surface area contributed by atoms with Crippen LogP contribution >= 0.6 is 0 Å². The SMILES string of the molecule is O=C(CN1CCNCC1=O)N1CCCCC1. The predicted molar refractivity (Wildman–Crippen MR) is 59.9 cm³/mol. The Kier molecular flexibility index (Phi) is 3.77. The van der Waals surface area contributed by atoms with Crippen LogP contribution in [0.15, 0.2) is 0 Å². The molecular formula is C11H19N3O2. The third kappa shape index (κ3) is 2.72. The molecule has 2 aliphatic rings. The van der Waals surface area contributed by atoms with E-state index in [1.807, 2.05) is 4.90 Å². The third-order valence-electron chi connectivity index (χ3n) is 3.22. The fourth-order valence-electron chi connectivity index (χ4n) is 2.22. The molecule has 1 N–H and O–H groups in total. The lowest BCUT2D eigenvalue weighted by atomic mass is 10.1. The van der Waals surface area contributed by atoms with E-state index in [2.05, 4.69) is 5.32 Å². The van der Waals surface area contributed by atoms with Gasteiger partial charge in [0.05, 0.1) is 13.1 Å². The number of rotatable bonds is 2. The third-order valence-corrected chi connectivity index (χ3v) is 3.22. The summed E-state index contributed by atoms with van der Waals surface area (Å²) in [6.07, 6.45) is 3.42. The highest BCUT2D eigenvalue weighted by molar-refractivity contribution is 5.86. The van der Waals surface area contributed by atoms with Crippen LogP contribution in [0.1, 0.15) is 19.3 Å².